The molecule has 18 heavy (non-hydrogen) atoms. The molecule has 3 rings (SSSR count). The molecular weight excluding hydrogens is 246 g/mol. The molecule has 1 aliphatic rings. The topological polar surface area (TPSA) is 45.0 Å². The van der Waals surface area contributed by atoms with Crippen LogP contribution in [0.2, 0.25) is 5.02 Å². The van der Waals surface area contributed by atoms with Gasteiger partial charge in [0, 0.05) is 29.7 Å². The van der Waals surface area contributed by atoms with E-state index in [-0.39, 0.29) is 0 Å². The lowest BCUT2D eigenvalue weighted by Crippen LogP contribution is -2.23. The minimum Gasteiger partial charge on any atom is -0.356 e. The minimum absolute atomic E-state index is 0.646. The van der Waals surface area contributed by atoms with Crippen molar-refractivity contribution >= 4 is 22.5 Å². The van der Waals surface area contributed by atoms with Crippen LogP contribution in [0.3, 0.4) is 0 Å². The number of rotatable bonds is 3. The maximum Gasteiger partial charge on any atom is 0.0705 e. The van der Waals surface area contributed by atoms with E-state index < -0.39 is 0 Å². The van der Waals surface area contributed by atoms with Crippen molar-refractivity contribution in [1.29, 1.82) is 0 Å². The van der Waals surface area contributed by atoms with Crippen LogP contribution in [-0.2, 0) is 6.54 Å². The molecule has 1 aliphatic heterocycles. The van der Waals surface area contributed by atoms with Gasteiger partial charge in [0.1, 0.15) is 0 Å². The van der Waals surface area contributed by atoms with Gasteiger partial charge in [-0.3, -0.25) is 4.90 Å². The third kappa shape index (κ3) is 2.14. The van der Waals surface area contributed by atoms with E-state index in [1.807, 2.05) is 12.1 Å². The summed E-state index contributed by atoms with van der Waals surface area (Å²) in [7, 11) is 0. The second-order valence-electron chi connectivity index (χ2n) is 5.09. The summed E-state index contributed by atoms with van der Waals surface area (Å²) in [5, 5.41) is 1.98. The highest BCUT2D eigenvalue weighted by Gasteiger charge is 2.22. The molecule has 0 unspecified atom stereocenters. The van der Waals surface area contributed by atoms with Gasteiger partial charge in [-0.05, 0) is 31.5 Å². The van der Waals surface area contributed by atoms with Gasteiger partial charge in [-0.1, -0.05) is 29.8 Å². The zero-order valence-electron chi connectivity index (χ0n) is 10.3. The zero-order chi connectivity index (χ0) is 12.5. The van der Waals surface area contributed by atoms with E-state index in [2.05, 4.69) is 22.0 Å². The Hall–Kier alpha value is -1.03. The molecule has 4 heteroatoms. The van der Waals surface area contributed by atoms with Gasteiger partial charge in [0.05, 0.1) is 5.02 Å². The van der Waals surface area contributed by atoms with Crippen molar-refractivity contribution in [2.24, 2.45) is 11.7 Å². The summed E-state index contributed by atoms with van der Waals surface area (Å²) in [6.45, 7) is 3.89. The Kier molecular flexibility index (Phi) is 3.29. The first-order valence-electron chi connectivity index (χ1n) is 6.45. The summed E-state index contributed by atoms with van der Waals surface area (Å²) in [5.41, 5.74) is 7.96. The summed E-state index contributed by atoms with van der Waals surface area (Å²) in [6.07, 6.45) is 1.20. The lowest BCUT2D eigenvalue weighted by Gasteiger charge is -2.14. The predicted molar refractivity (Wildman–Crippen MR) is 75.7 cm³/mol. The van der Waals surface area contributed by atoms with Crippen molar-refractivity contribution < 1.29 is 0 Å². The lowest BCUT2D eigenvalue weighted by molar-refractivity contribution is 0.315. The van der Waals surface area contributed by atoms with Crippen LogP contribution in [0.15, 0.2) is 24.3 Å². The Balaban J connectivity index is 1.81. The molecule has 2 heterocycles. The number of para-hydroxylation sites is 1. The van der Waals surface area contributed by atoms with E-state index in [0.29, 0.717) is 5.92 Å². The molecule has 0 spiro atoms. The number of nitrogens with zero attached hydrogens (tertiary/aromatic N) is 1. The molecule has 1 saturated heterocycles. The molecule has 1 atom stereocenters. The molecular formula is C14H18ClN3. The van der Waals surface area contributed by atoms with Crippen LogP contribution in [0.1, 0.15) is 12.1 Å². The fourth-order valence-corrected chi connectivity index (χ4v) is 3.02. The summed E-state index contributed by atoms with van der Waals surface area (Å²) in [4.78, 5) is 5.84. The van der Waals surface area contributed by atoms with Crippen LogP contribution in [0, 0.1) is 5.92 Å². The first kappa shape index (κ1) is 12.0. The van der Waals surface area contributed by atoms with E-state index in [1.165, 1.54) is 6.42 Å². The number of H-pyrrole nitrogens is 1. The number of nitrogens with one attached hydrogen (secondary N) is 1. The predicted octanol–water partition coefficient (Wildman–Crippen LogP) is 2.60. The van der Waals surface area contributed by atoms with Crippen LogP contribution >= 0.6 is 11.6 Å². The summed E-state index contributed by atoms with van der Waals surface area (Å²) in [5.74, 6) is 0.646. The number of nitrogens with two attached hydrogens (primary N) is 1. The van der Waals surface area contributed by atoms with Crippen LogP contribution in [0.5, 0.6) is 0 Å². The Morgan fingerprint density at radius 3 is 2.94 bits per heavy atom. The number of halogens is 1. The van der Waals surface area contributed by atoms with Crippen LogP contribution in [0.25, 0.3) is 10.9 Å². The van der Waals surface area contributed by atoms with Crippen LogP contribution in [-0.4, -0.2) is 29.5 Å². The van der Waals surface area contributed by atoms with Gasteiger partial charge in [0.15, 0.2) is 0 Å². The lowest BCUT2D eigenvalue weighted by atomic mass is 10.1. The number of hydrogen-bond donors (Lipinski definition) is 2. The van der Waals surface area contributed by atoms with Crippen molar-refractivity contribution in [3.05, 3.63) is 35.0 Å². The van der Waals surface area contributed by atoms with Gasteiger partial charge in [0.2, 0.25) is 0 Å². The Bertz CT molecular complexity index is 549. The number of aromatic nitrogens is 1. The molecule has 0 aliphatic carbocycles. The quantitative estimate of drug-likeness (QED) is 0.894. The normalized spacial score (nSPS) is 20.9. The maximum atomic E-state index is 6.42. The van der Waals surface area contributed by atoms with Gasteiger partial charge < -0.3 is 10.7 Å². The maximum absolute atomic E-state index is 6.42. The first-order valence-corrected chi connectivity index (χ1v) is 6.83. The second kappa shape index (κ2) is 4.92. The molecule has 1 aromatic heterocycles. The number of fused-ring (bicyclic) bond motifs is 1. The molecule has 0 saturated carbocycles. The summed E-state index contributed by atoms with van der Waals surface area (Å²) < 4.78 is 0. The van der Waals surface area contributed by atoms with Gasteiger partial charge in [-0.2, -0.15) is 0 Å². The van der Waals surface area contributed by atoms with E-state index in [1.54, 1.807) is 0 Å². The minimum atomic E-state index is 0.646. The average molecular weight is 264 g/mol. The number of aromatic amines is 1. The first-order chi connectivity index (χ1) is 8.78. The zero-order valence-corrected chi connectivity index (χ0v) is 11.1. The molecule has 0 radical (unpaired) electrons. The molecule has 2 aromatic rings. The molecule has 0 bridgehead atoms. The van der Waals surface area contributed by atoms with Crippen LogP contribution in [0.4, 0.5) is 0 Å². The number of hydrogen-bond acceptors (Lipinski definition) is 2. The van der Waals surface area contributed by atoms with Crippen molar-refractivity contribution in [1.82, 2.24) is 9.88 Å². The van der Waals surface area contributed by atoms with Crippen molar-refractivity contribution in [3.8, 4) is 0 Å². The summed E-state index contributed by atoms with van der Waals surface area (Å²) >= 11 is 6.42. The molecule has 96 valence electrons. The number of benzene rings is 1. The van der Waals surface area contributed by atoms with E-state index in [9.17, 15) is 0 Å². The Morgan fingerprint density at radius 1 is 1.39 bits per heavy atom. The van der Waals surface area contributed by atoms with Gasteiger partial charge in [-0.25, -0.2) is 0 Å². The fraction of sp³-hybridized carbons (Fsp3) is 0.429. The molecule has 1 aromatic carbocycles. The second-order valence-corrected chi connectivity index (χ2v) is 5.47. The van der Waals surface area contributed by atoms with E-state index >= 15 is 0 Å². The molecule has 3 N–H and O–H groups in total. The van der Waals surface area contributed by atoms with Gasteiger partial charge >= 0.3 is 0 Å². The third-order valence-electron chi connectivity index (χ3n) is 3.80. The third-order valence-corrected chi connectivity index (χ3v) is 4.23. The smallest absolute Gasteiger partial charge is 0.0705 e. The van der Waals surface area contributed by atoms with Gasteiger partial charge in [-0.15, -0.1) is 0 Å². The van der Waals surface area contributed by atoms with E-state index in [0.717, 1.165) is 47.8 Å². The molecule has 0 amide bonds. The standard InChI is InChI=1S/C14H18ClN3/c15-14-11-3-1-2-4-12(11)17-13(14)9-18-6-5-10(7-16)8-18/h1-4,10,17H,5-9,16H2/t10-/m1/s1. The Morgan fingerprint density at radius 2 is 2.22 bits per heavy atom. The van der Waals surface area contributed by atoms with Crippen LogP contribution < -0.4 is 5.73 Å². The van der Waals surface area contributed by atoms with Crippen molar-refractivity contribution in [2.75, 3.05) is 19.6 Å². The van der Waals surface area contributed by atoms with Crippen molar-refractivity contribution in [2.45, 2.75) is 13.0 Å². The van der Waals surface area contributed by atoms with Gasteiger partial charge in [0.25, 0.3) is 0 Å². The van der Waals surface area contributed by atoms with E-state index in [4.69, 9.17) is 17.3 Å². The monoisotopic (exact) mass is 263 g/mol. The highest BCUT2D eigenvalue weighted by atomic mass is 35.5. The highest BCUT2D eigenvalue weighted by molar-refractivity contribution is 6.36. The largest absolute Gasteiger partial charge is 0.356 e. The SMILES string of the molecule is NC[C@H]1CCN(Cc2[nH]c3ccccc3c2Cl)C1. The average Bonchev–Trinajstić information content (AvgIpc) is 2.97. The summed E-state index contributed by atoms with van der Waals surface area (Å²) in [6, 6.07) is 8.17. The van der Waals surface area contributed by atoms with Crippen molar-refractivity contribution in [3.63, 3.8) is 0 Å². The fourth-order valence-electron chi connectivity index (χ4n) is 2.74. The number of likely N-dealkylation sites (tertiary alicyclic amines) is 1. The highest BCUT2D eigenvalue weighted by Crippen LogP contribution is 2.29. The molecule has 1 fully saturated rings. The Labute approximate surface area is 112 Å². The molecule has 3 nitrogen and oxygen atoms in total.